The first-order chi connectivity index (χ1) is 14.3. The standard InChI is InChI=1S/C24H28N2O3/c1-25-21-9-5-19(6-10-21)3-4-20-7-11-22(12-8-20)27-14-2-13-26-17-23-24(18-26)29-16-15-28-23/h5-12,23-25H,2,13-18H2,1H3. The average molecular weight is 392 g/mol. The highest BCUT2D eigenvalue weighted by Crippen LogP contribution is 2.20. The molecule has 2 heterocycles. The molecule has 2 saturated heterocycles. The SMILES string of the molecule is CNc1ccc(C#Cc2ccc(OCCCN3CC4OCCOC4C3)cc2)cc1. The van der Waals surface area contributed by atoms with Crippen molar-refractivity contribution in [3.05, 3.63) is 59.7 Å². The molecule has 5 nitrogen and oxygen atoms in total. The molecule has 0 aliphatic carbocycles. The van der Waals surface area contributed by atoms with Crippen molar-refractivity contribution < 1.29 is 14.2 Å². The van der Waals surface area contributed by atoms with E-state index in [-0.39, 0.29) is 12.2 Å². The molecule has 29 heavy (non-hydrogen) atoms. The number of hydrogen-bond acceptors (Lipinski definition) is 5. The van der Waals surface area contributed by atoms with Crippen LogP contribution in [-0.4, -0.2) is 63.6 Å². The lowest BCUT2D eigenvalue weighted by Crippen LogP contribution is -2.36. The van der Waals surface area contributed by atoms with Gasteiger partial charge in [0.1, 0.15) is 5.75 Å². The molecule has 2 aliphatic rings. The van der Waals surface area contributed by atoms with Crippen LogP contribution in [0.1, 0.15) is 17.5 Å². The number of anilines is 1. The number of benzene rings is 2. The Morgan fingerprint density at radius 1 is 0.931 bits per heavy atom. The smallest absolute Gasteiger partial charge is 0.119 e. The molecule has 2 aromatic rings. The van der Waals surface area contributed by atoms with Gasteiger partial charge in [-0.15, -0.1) is 0 Å². The van der Waals surface area contributed by atoms with E-state index in [2.05, 4.69) is 22.1 Å². The van der Waals surface area contributed by atoms with Crippen molar-refractivity contribution in [1.29, 1.82) is 0 Å². The Balaban J connectivity index is 1.19. The van der Waals surface area contributed by atoms with Gasteiger partial charge in [-0.3, -0.25) is 4.90 Å². The minimum atomic E-state index is 0.250. The van der Waals surface area contributed by atoms with E-state index >= 15 is 0 Å². The lowest BCUT2D eigenvalue weighted by Gasteiger charge is -2.24. The first kappa shape index (κ1) is 19.8. The number of likely N-dealkylation sites (tertiary alicyclic amines) is 1. The maximum Gasteiger partial charge on any atom is 0.119 e. The maximum absolute atomic E-state index is 5.88. The zero-order chi connectivity index (χ0) is 19.9. The second-order valence-electron chi connectivity index (χ2n) is 7.38. The summed E-state index contributed by atoms with van der Waals surface area (Å²) in [5.41, 5.74) is 3.07. The van der Waals surface area contributed by atoms with Gasteiger partial charge in [0.2, 0.25) is 0 Å². The Hall–Kier alpha value is -2.52. The number of ether oxygens (including phenoxy) is 3. The van der Waals surface area contributed by atoms with Crippen molar-refractivity contribution in [2.45, 2.75) is 18.6 Å². The van der Waals surface area contributed by atoms with E-state index in [9.17, 15) is 0 Å². The summed E-state index contributed by atoms with van der Waals surface area (Å²) in [6.07, 6.45) is 1.49. The van der Waals surface area contributed by atoms with E-state index in [0.717, 1.165) is 61.8 Å². The van der Waals surface area contributed by atoms with Crippen LogP contribution in [0, 0.1) is 11.8 Å². The van der Waals surface area contributed by atoms with Gasteiger partial charge in [-0.1, -0.05) is 11.8 Å². The highest BCUT2D eigenvalue weighted by Gasteiger charge is 2.36. The third kappa shape index (κ3) is 5.51. The molecule has 0 aromatic heterocycles. The van der Waals surface area contributed by atoms with Gasteiger partial charge in [-0.2, -0.15) is 0 Å². The van der Waals surface area contributed by atoms with Gasteiger partial charge in [-0.05, 0) is 55.0 Å². The van der Waals surface area contributed by atoms with Gasteiger partial charge >= 0.3 is 0 Å². The molecular formula is C24H28N2O3. The van der Waals surface area contributed by atoms with Gasteiger partial charge in [0.25, 0.3) is 0 Å². The Bertz CT molecular complexity index is 825. The lowest BCUT2D eigenvalue weighted by atomic mass is 10.1. The minimum absolute atomic E-state index is 0.250. The quantitative estimate of drug-likeness (QED) is 0.605. The van der Waals surface area contributed by atoms with Gasteiger partial charge in [0, 0.05) is 43.5 Å². The summed E-state index contributed by atoms with van der Waals surface area (Å²) in [7, 11) is 1.91. The van der Waals surface area contributed by atoms with Gasteiger partial charge < -0.3 is 19.5 Å². The Kier molecular flexibility index (Phi) is 6.68. The van der Waals surface area contributed by atoms with E-state index in [0.29, 0.717) is 6.61 Å². The van der Waals surface area contributed by atoms with Crippen molar-refractivity contribution in [2.75, 3.05) is 51.8 Å². The molecule has 2 aliphatic heterocycles. The predicted molar refractivity (Wildman–Crippen MR) is 114 cm³/mol. The van der Waals surface area contributed by atoms with Gasteiger partial charge in [0.05, 0.1) is 32.0 Å². The van der Waals surface area contributed by atoms with E-state index in [1.807, 2.05) is 55.6 Å². The summed E-state index contributed by atoms with van der Waals surface area (Å²) in [5.74, 6) is 7.27. The number of nitrogens with one attached hydrogen (secondary N) is 1. The summed E-state index contributed by atoms with van der Waals surface area (Å²) >= 11 is 0. The van der Waals surface area contributed by atoms with E-state index in [4.69, 9.17) is 14.2 Å². The summed E-state index contributed by atoms with van der Waals surface area (Å²) in [5, 5.41) is 3.11. The predicted octanol–water partition coefficient (Wildman–Crippen LogP) is 3.00. The molecule has 1 N–H and O–H groups in total. The molecule has 4 rings (SSSR count). The van der Waals surface area contributed by atoms with Crippen LogP contribution < -0.4 is 10.1 Å². The van der Waals surface area contributed by atoms with Crippen LogP contribution in [0.5, 0.6) is 5.75 Å². The molecule has 0 bridgehead atoms. The first-order valence-electron chi connectivity index (χ1n) is 10.3. The molecule has 0 amide bonds. The molecule has 152 valence electrons. The second-order valence-corrected chi connectivity index (χ2v) is 7.38. The van der Waals surface area contributed by atoms with E-state index in [1.165, 1.54) is 0 Å². The molecule has 5 heteroatoms. The first-order valence-corrected chi connectivity index (χ1v) is 10.3. The van der Waals surface area contributed by atoms with Crippen LogP contribution in [0.25, 0.3) is 0 Å². The van der Waals surface area contributed by atoms with Crippen molar-refractivity contribution in [2.24, 2.45) is 0 Å². The highest BCUT2D eigenvalue weighted by atomic mass is 16.6. The Morgan fingerprint density at radius 2 is 1.52 bits per heavy atom. The zero-order valence-electron chi connectivity index (χ0n) is 16.9. The lowest BCUT2D eigenvalue weighted by molar-refractivity contribution is -0.116. The van der Waals surface area contributed by atoms with Gasteiger partial charge in [0.15, 0.2) is 0 Å². The number of nitrogens with zero attached hydrogens (tertiary/aromatic N) is 1. The van der Waals surface area contributed by atoms with Crippen molar-refractivity contribution >= 4 is 5.69 Å². The molecule has 2 unspecified atom stereocenters. The number of fused-ring (bicyclic) bond motifs is 1. The maximum atomic E-state index is 5.88. The monoisotopic (exact) mass is 392 g/mol. The van der Waals surface area contributed by atoms with Crippen LogP contribution in [0.15, 0.2) is 48.5 Å². The minimum Gasteiger partial charge on any atom is -0.494 e. The average Bonchev–Trinajstić information content (AvgIpc) is 3.19. The summed E-state index contributed by atoms with van der Waals surface area (Å²) in [6.45, 7) is 5.10. The summed E-state index contributed by atoms with van der Waals surface area (Å²) in [6, 6.07) is 16.1. The Labute approximate surface area is 173 Å². The highest BCUT2D eigenvalue weighted by molar-refractivity contribution is 5.50. The summed E-state index contributed by atoms with van der Waals surface area (Å²) in [4.78, 5) is 2.41. The number of hydrogen-bond donors (Lipinski definition) is 1. The third-order valence-electron chi connectivity index (χ3n) is 5.30. The molecule has 0 radical (unpaired) electrons. The third-order valence-corrected chi connectivity index (χ3v) is 5.30. The zero-order valence-corrected chi connectivity index (χ0v) is 16.9. The van der Waals surface area contributed by atoms with Crippen molar-refractivity contribution in [3.8, 4) is 17.6 Å². The van der Waals surface area contributed by atoms with Crippen molar-refractivity contribution in [1.82, 2.24) is 4.90 Å². The van der Waals surface area contributed by atoms with Crippen LogP contribution in [-0.2, 0) is 9.47 Å². The second kappa shape index (κ2) is 9.80. The van der Waals surface area contributed by atoms with E-state index < -0.39 is 0 Å². The summed E-state index contributed by atoms with van der Waals surface area (Å²) < 4.78 is 17.4. The van der Waals surface area contributed by atoms with Gasteiger partial charge in [-0.25, -0.2) is 0 Å². The van der Waals surface area contributed by atoms with Crippen LogP contribution in [0.3, 0.4) is 0 Å². The molecular weight excluding hydrogens is 364 g/mol. The van der Waals surface area contributed by atoms with E-state index in [1.54, 1.807) is 0 Å². The largest absolute Gasteiger partial charge is 0.494 e. The molecule has 0 spiro atoms. The molecule has 2 aromatic carbocycles. The fourth-order valence-electron chi connectivity index (χ4n) is 3.70. The Morgan fingerprint density at radius 3 is 2.10 bits per heavy atom. The van der Waals surface area contributed by atoms with Crippen LogP contribution in [0.4, 0.5) is 5.69 Å². The van der Waals surface area contributed by atoms with Crippen LogP contribution in [0.2, 0.25) is 0 Å². The normalized spacial score (nSPS) is 21.1. The van der Waals surface area contributed by atoms with Crippen LogP contribution >= 0.6 is 0 Å². The fraction of sp³-hybridized carbons (Fsp3) is 0.417. The molecule has 2 atom stereocenters. The molecule has 2 fully saturated rings. The fourth-order valence-corrected chi connectivity index (χ4v) is 3.70. The number of rotatable bonds is 6. The van der Waals surface area contributed by atoms with Crippen molar-refractivity contribution in [3.63, 3.8) is 0 Å². The molecule has 0 saturated carbocycles. The topological polar surface area (TPSA) is 43.0 Å².